The molecule has 0 spiro atoms. The minimum atomic E-state index is -0.460. The highest BCUT2D eigenvalue weighted by Gasteiger charge is 2.27. The van der Waals surface area contributed by atoms with E-state index < -0.39 is 5.60 Å². The Kier molecular flexibility index (Phi) is 5.79. The van der Waals surface area contributed by atoms with Crippen molar-refractivity contribution in [2.75, 3.05) is 20.2 Å². The molecule has 0 aromatic heterocycles. The molecule has 1 amide bonds. The van der Waals surface area contributed by atoms with Gasteiger partial charge in [-0.3, -0.25) is 0 Å². The molecule has 1 aliphatic rings. The zero-order valence-corrected chi connectivity index (χ0v) is 15.7. The molecule has 0 radical (unpaired) electrons. The molecule has 5 nitrogen and oxygen atoms in total. The summed E-state index contributed by atoms with van der Waals surface area (Å²) in [4.78, 5) is 13.8. The summed E-state index contributed by atoms with van der Waals surface area (Å²) in [6.45, 7) is 6.92. The van der Waals surface area contributed by atoms with Crippen molar-refractivity contribution in [1.82, 2.24) is 4.90 Å². The Balaban J connectivity index is 1.86. The molecule has 1 heterocycles. The Morgan fingerprint density at radius 3 is 2.48 bits per heavy atom. The highest BCUT2D eigenvalue weighted by molar-refractivity contribution is 9.10. The Hall–Kier alpha value is -1.43. The number of likely N-dealkylation sites (tertiary alicyclic amines) is 1. The second-order valence-corrected chi connectivity index (χ2v) is 7.44. The number of nitrogens with zero attached hydrogens (tertiary/aromatic N) is 1. The minimum absolute atomic E-state index is 0.0968. The quantitative estimate of drug-likeness (QED) is 0.780. The van der Waals surface area contributed by atoms with Crippen molar-refractivity contribution < 1.29 is 19.0 Å². The lowest BCUT2D eigenvalue weighted by molar-refractivity contribution is 0.0126. The van der Waals surface area contributed by atoms with E-state index in [4.69, 9.17) is 14.2 Å². The van der Waals surface area contributed by atoms with E-state index in [1.165, 1.54) is 0 Å². The molecular formula is C17H24BrNO4. The fourth-order valence-corrected chi connectivity index (χ4v) is 2.80. The second kappa shape index (κ2) is 7.43. The number of rotatable bonds is 3. The SMILES string of the molecule is COc1cc(OC2CCN(C(=O)OC(C)(C)C)CC2)ccc1Br. The van der Waals surface area contributed by atoms with Crippen LogP contribution in [0.1, 0.15) is 33.6 Å². The number of methoxy groups -OCH3 is 1. The molecule has 0 unspecified atom stereocenters. The normalized spacial score (nSPS) is 16.1. The molecule has 128 valence electrons. The molecule has 0 atom stereocenters. The Morgan fingerprint density at radius 1 is 1.26 bits per heavy atom. The van der Waals surface area contributed by atoms with Gasteiger partial charge in [0.2, 0.25) is 0 Å². The fourth-order valence-electron chi connectivity index (χ4n) is 2.39. The minimum Gasteiger partial charge on any atom is -0.495 e. The monoisotopic (exact) mass is 385 g/mol. The van der Waals surface area contributed by atoms with Crippen LogP contribution >= 0.6 is 15.9 Å². The molecule has 0 aliphatic carbocycles. The van der Waals surface area contributed by atoms with Crippen LogP contribution in [0, 0.1) is 0 Å². The lowest BCUT2D eigenvalue weighted by Crippen LogP contribution is -2.44. The maximum absolute atomic E-state index is 12.0. The molecular weight excluding hydrogens is 362 g/mol. The number of piperidine rings is 1. The Morgan fingerprint density at radius 2 is 1.91 bits per heavy atom. The molecule has 23 heavy (non-hydrogen) atoms. The van der Waals surface area contributed by atoms with Crippen LogP contribution in [0.2, 0.25) is 0 Å². The topological polar surface area (TPSA) is 48.0 Å². The molecule has 1 aromatic rings. The van der Waals surface area contributed by atoms with E-state index in [1.807, 2.05) is 39.0 Å². The van der Waals surface area contributed by atoms with Crippen LogP contribution < -0.4 is 9.47 Å². The zero-order chi connectivity index (χ0) is 17.0. The van der Waals surface area contributed by atoms with Gasteiger partial charge in [0.1, 0.15) is 23.2 Å². The maximum atomic E-state index is 12.0. The van der Waals surface area contributed by atoms with Gasteiger partial charge in [-0.15, -0.1) is 0 Å². The molecule has 1 saturated heterocycles. The summed E-state index contributed by atoms with van der Waals surface area (Å²) in [5, 5.41) is 0. The molecule has 1 aromatic carbocycles. The summed E-state index contributed by atoms with van der Waals surface area (Å²) in [6, 6.07) is 5.68. The van der Waals surface area contributed by atoms with Crippen molar-refractivity contribution in [3.8, 4) is 11.5 Å². The first kappa shape index (κ1) is 17.9. The van der Waals surface area contributed by atoms with E-state index in [-0.39, 0.29) is 12.2 Å². The first-order valence-electron chi connectivity index (χ1n) is 7.76. The van der Waals surface area contributed by atoms with Crippen molar-refractivity contribution in [1.29, 1.82) is 0 Å². The number of halogens is 1. The predicted molar refractivity (Wildman–Crippen MR) is 92.2 cm³/mol. The molecule has 0 saturated carbocycles. The summed E-state index contributed by atoms with van der Waals surface area (Å²) in [6.07, 6.45) is 1.43. The van der Waals surface area contributed by atoms with Crippen LogP contribution in [-0.4, -0.2) is 42.9 Å². The third-order valence-electron chi connectivity index (χ3n) is 3.52. The number of carbonyl (C=O) groups excluding carboxylic acids is 1. The van der Waals surface area contributed by atoms with Gasteiger partial charge in [-0.25, -0.2) is 4.79 Å². The van der Waals surface area contributed by atoms with Crippen molar-refractivity contribution >= 4 is 22.0 Å². The predicted octanol–water partition coefficient (Wildman–Crippen LogP) is 4.24. The van der Waals surface area contributed by atoms with Crippen molar-refractivity contribution in [2.45, 2.75) is 45.3 Å². The van der Waals surface area contributed by atoms with Gasteiger partial charge >= 0.3 is 6.09 Å². The van der Waals surface area contributed by atoms with Gasteiger partial charge in [-0.05, 0) is 48.8 Å². The Labute approximate surface area is 146 Å². The van der Waals surface area contributed by atoms with Gasteiger partial charge in [0.05, 0.1) is 11.6 Å². The van der Waals surface area contributed by atoms with Crippen molar-refractivity contribution in [2.24, 2.45) is 0 Å². The molecule has 1 fully saturated rings. The van der Waals surface area contributed by atoms with Gasteiger partial charge in [-0.1, -0.05) is 0 Å². The third kappa shape index (κ3) is 5.30. The van der Waals surface area contributed by atoms with E-state index >= 15 is 0 Å². The van der Waals surface area contributed by atoms with E-state index in [9.17, 15) is 4.79 Å². The summed E-state index contributed by atoms with van der Waals surface area (Å²) in [5.41, 5.74) is -0.460. The number of hydrogen-bond donors (Lipinski definition) is 0. The molecule has 1 aliphatic heterocycles. The van der Waals surface area contributed by atoms with Crippen LogP contribution in [0.25, 0.3) is 0 Å². The summed E-state index contributed by atoms with van der Waals surface area (Å²) >= 11 is 3.42. The van der Waals surface area contributed by atoms with Crippen LogP contribution in [0.5, 0.6) is 11.5 Å². The lowest BCUT2D eigenvalue weighted by Gasteiger charge is -2.33. The number of ether oxygens (including phenoxy) is 3. The second-order valence-electron chi connectivity index (χ2n) is 6.58. The van der Waals surface area contributed by atoms with Crippen LogP contribution in [0.15, 0.2) is 22.7 Å². The fraction of sp³-hybridized carbons (Fsp3) is 0.588. The summed E-state index contributed by atoms with van der Waals surface area (Å²) < 4.78 is 17.6. The van der Waals surface area contributed by atoms with Gasteiger partial charge < -0.3 is 19.1 Å². The maximum Gasteiger partial charge on any atom is 0.410 e. The highest BCUT2D eigenvalue weighted by atomic mass is 79.9. The Bertz CT molecular complexity index is 548. The first-order chi connectivity index (χ1) is 10.8. The lowest BCUT2D eigenvalue weighted by atomic mass is 10.1. The highest BCUT2D eigenvalue weighted by Crippen LogP contribution is 2.30. The van der Waals surface area contributed by atoms with Gasteiger partial charge in [0, 0.05) is 32.0 Å². The summed E-state index contributed by atoms with van der Waals surface area (Å²) in [7, 11) is 1.63. The molecule has 0 N–H and O–H groups in total. The first-order valence-corrected chi connectivity index (χ1v) is 8.56. The molecule has 0 bridgehead atoms. The van der Waals surface area contributed by atoms with Crippen LogP contribution in [0.4, 0.5) is 4.79 Å². The number of benzene rings is 1. The van der Waals surface area contributed by atoms with Gasteiger partial charge in [0.25, 0.3) is 0 Å². The summed E-state index contributed by atoms with van der Waals surface area (Å²) in [5.74, 6) is 1.52. The average Bonchev–Trinajstić information content (AvgIpc) is 2.48. The zero-order valence-electron chi connectivity index (χ0n) is 14.1. The van der Waals surface area contributed by atoms with Gasteiger partial charge in [0.15, 0.2) is 0 Å². The average molecular weight is 386 g/mol. The number of carbonyl (C=O) groups is 1. The number of hydrogen-bond acceptors (Lipinski definition) is 4. The standard InChI is InChI=1S/C17H24BrNO4/c1-17(2,3)23-16(20)19-9-7-12(8-10-19)22-13-5-6-14(18)15(11-13)21-4/h5-6,11-12H,7-10H2,1-4H3. The van der Waals surface area contributed by atoms with Crippen molar-refractivity contribution in [3.05, 3.63) is 22.7 Å². The third-order valence-corrected chi connectivity index (χ3v) is 4.17. The van der Waals surface area contributed by atoms with Crippen LogP contribution in [0.3, 0.4) is 0 Å². The number of amides is 1. The van der Waals surface area contributed by atoms with E-state index in [2.05, 4.69) is 15.9 Å². The molecule has 6 heteroatoms. The van der Waals surface area contributed by atoms with Crippen molar-refractivity contribution in [3.63, 3.8) is 0 Å². The van der Waals surface area contributed by atoms with Crippen LogP contribution in [-0.2, 0) is 4.74 Å². The largest absolute Gasteiger partial charge is 0.495 e. The van der Waals surface area contributed by atoms with E-state index in [0.717, 1.165) is 28.8 Å². The van der Waals surface area contributed by atoms with E-state index in [0.29, 0.717) is 13.1 Å². The van der Waals surface area contributed by atoms with Gasteiger partial charge in [-0.2, -0.15) is 0 Å². The smallest absolute Gasteiger partial charge is 0.410 e. The molecule has 2 rings (SSSR count). The van der Waals surface area contributed by atoms with E-state index in [1.54, 1.807) is 12.0 Å².